The van der Waals surface area contributed by atoms with Gasteiger partial charge in [-0.05, 0) is 44.4 Å². The number of hydrogen-bond acceptors (Lipinski definition) is 4. The first-order valence-electron chi connectivity index (χ1n) is 6.52. The lowest BCUT2D eigenvalue weighted by molar-refractivity contribution is -0.148. The summed E-state index contributed by atoms with van der Waals surface area (Å²) in [7, 11) is 1.29. The van der Waals surface area contributed by atoms with Crippen LogP contribution in [0.5, 0.6) is 0 Å². The first kappa shape index (κ1) is 16.6. The molecule has 0 spiro atoms. The Morgan fingerprint density at radius 1 is 1.30 bits per heavy atom. The summed E-state index contributed by atoms with van der Waals surface area (Å²) in [6.07, 6.45) is 0.696. The van der Waals surface area contributed by atoms with Gasteiger partial charge in [-0.15, -0.1) is 0 Å². The van der Waals surface area contributed by atoms with Crippen LogP contribution in [0.1, 0.15) is 32.3 Å². The van der Waals surface area contributed by atoms with Crippen molar-refractivity contribution in [3.63, 3.8) is 0 Å². The smallest absolute Gasteiger partial charge is 0.317 e. The van der Waals surface area contributed by atoms with Crippen molar-refractivity contribution in [1.29, 1.82) is 0 Å². The first-order valence-corrected chi connectivity index (χ1v) is 6.52. The van der Waals surface area contributed by atoms with Crippen LogP contribution in [0.4, 0.5) is 4.39 Å². The van der Waals surface area contributed by atoms with Gasteiger partial charge in [-0.3, -0.25) is 4.79 Å². The van der Waals surface area contributed by atoms with Gasteiger partial charge in [0.2, 0.25) is 0 Å². The van der Waals surface area contributed by atoms with Crippen molar-refractivity contribution in [3.8, 4) is 0 Å². The zero-order valence-corrected chi connectivity index (χ0v) is 12.1. The molecule has 0 fully saturated rings. The van der Waals surface area contributed by atoms with E-state index in [1.54, 1.807) is 13.8 Å². The van der Waals surface area contributed by atoms with Gasteiger partial charge in [0.05, 0.1) is 12.7 Å². The molecule has 0 heterocycles. The van der Waals surface area contributed by atoms with E-state index in [1.165, 1.54) is 31.4 Å². The van der Waals surface area contributed by atoms with E-state index < -0.39 is 17.0 Å². The lowest BCUT2D eigenvalue weighted by Crippen LogP contribution is -2.45. The molecule has 0 aliphatic rings. The minimum atomic E-state index is -1.07. The van der Waals surface area contributed by atoms with Gasteiger partial charge in [0.25, 0.3) is 0 Å². The summed E-state index contributed by atoms with van der Waals surface area (Å²) >= 11 is 0. The summed E-state index contributed by atoms with van der Waals surface area (Å²) in [4.78, 5) is 12.2. The fraction of sp³-hybridized carbons (Fsp3) is 0.533. The Labute approximate surface area is 118 Å². The van der Waals surface area contributed by atoms with E-state index in [-0.39, 0.29) is 12.4 Å². The van der Waals surface area contributed by atoms with Gasteiger partial charge in [0, 0.05) is 6.54 Å². The Hall–Kier alpha value is -1.46. The van der Waals surface area contributed by atoms with Crippen molar-refractivity contribution >= 4 is 5.97 Å². The largest absolute Gasteiger partial charge is 0.468 e. The standard InChI is InChI=1S/C15H22FNO3/c1-14(2,19)8-9-15(10-17,13(18)20-3)11-4-6-12(16)7-5-11/h4-7,19H,8-10,17H2,1-3H3. The minimum absolute atomic E-state index is 0.0292. The molecule has 1 atom stereocenters. The third-order valence-corrected chi connectivity index (χ3v) is 3.48. The molecule has 112 valence electrons. The molecule has 3 N–H and O–H groups in total. The summed E-state index contributed by atoms with van der Waals surface area (Å²) in [6.45, 7) is 3.35. The predicted octanol–water partition coefficient (Wildman–Crippen LogP) is 1.75. The van der Waals surface area contributed by atoms with Gasteiger partial charge >= 0.3 is 5.97 Å². The summed E-state index contributed by atoms with van der Waals surface area (Å²) in [6, 6.07) is 5.63. The average molecular weight is 283 g/mol. The first-order chi connectivity index (χ1) is 9.25. The number of carbonyl (C=O) groups excluding carboxylic acids is 1. The average Bonchev–Trinajstić information content (AvgIpc) is 2.40. The van der Waals surface area contributed by atoms with Crippen LogP contribution in [0, 0.1) is 5.82 Å². The number of esters is 1. The van der Waals surface area contributed by atoms with Crippen molar-refractivity contribution < 1.29 is 19.0 Å². The topological polar surface area (TPSA) is 72.5 Å². The molecule has 0 radical (unpaired) electrons. The van der Waals surface area contributed by atoms with Crippen molar-refractivity contribution in [2.75, 3.05) is 13.7 Å². The summed E-state index contributed by atoms with van der Waals surface area (Å²) in [5.41, 5.74) is 4.41. The highest BCUT2D eigenvalue weighted by Gasteiger charge is 2.41. The second kappa shape index (κ2) is 6.33. The number of rotatable bonds is 6. The van der Waals surface area contributed by atoms with Gasteiger partial charge in [-0.25, -0.2) is 4.39 Å². The van der Waals surface area contributed by atoms with Gasteiger partial charge in [-0.2, -0.15) is 0 Å². The van der Waals surface area contributed by atoms with Crippen LogP contribution < -0.4 is 5.73 Å². The Bertz CT molecular complexity index is 453. The van der Waals surface area contributed by atoms with Crippen LogP contribution in [0.15, 0.2) is 24.3 Å². The molecule has 0 amide bonds. The summed E-state index contributed by atoms with van der Waals surface area (Å²) < 4.78 is 17.9. The lowest BCUT2D eigenvalue weighted by atomic mass is 9.75. The maximum absolute atomic E-state index is 13.0. The molecular weight excluding hydrogens is 261 g/mol. The number of aliphatic hydroxyl groups is 1. The molecule has 1 unspecified atom stereocenters. The molecule has 1 rings (SSSR count). The molecule has 1 aromatic carbocycles. The Morgan fingerprint density at radius 3 is 2.25 bits per heavy atom. The highest BCUT2D eigenvalue weighted by Crippen LogP contribution is 2.32. The van der Waals surface area contributed by atoms with Crippen LogP contribution in [0.3, 0.4) is 0 Å². The zero-order chi connectivity index (χ0) is 15.4. The minimum Gasteiger partial charge on any atom is -0.468 e. The quantitative estimate of drug-likeness (QED) is 0.780. The molecule has 4 nitrogen and oxygen atoms in total. The van der Waals surface area contributed by atoms with E-state index >= 15 is 0 Å². The van der Waals surface area contributed by atoms with E-state index in [0.717, 1.165) is 0 Å². The lowest BCUT2D eigenvalue weighted by Gasteiger charge is -2.32. The molecule has 0 bridgehead atoms. The predicted molar refractivity (Wildman–Crippen MR) is 74.7 cm³/mol. The molecule has 1 aromatic rings. The fourth-order valence-corrected chi connectivity index (χ4v) is 2.15. The molecule has 0 aromatic heterocycles. The van der Waals surface area contributed by atoms with Crippen LogP contribution in [0.2, 0.25) is 0 Å². The van der Waals surface area contributed by atoms with E-state index in [2.05, 4.69) is 0 Å². The zero-order valence-electron chi connectivity index (χ0n) is 12.1. The molecule has 20 heavy (non-hydrogen) atoms. The van der Waals surface area contributed by atoms with E-state index in [9.17, 15) is 14.3 Å². The maximum Gasteiger partial charge on any atom is 0.317 e. The molecular formula is C15H22FNO3. The SMILES string of the molecule is COC(=O)C(CN)(CCC(C)(C)O)c1ccc(F)cc1. The van der Waals surface area contributed by atoms with Gasteiger partial charge in [0.15, 0.2) is 0 Å². The summed E-state index contributed by atoms with van der Waals surface area (Å²) in [5.74, 6) is -0.858. The molecule has 0 aliphatic heterocycles. The molecule has 0 saturated carbocycles. The number of nitrogens with two attached hydrogens (primary N) is 1. The molecule has 5 heteroatoms. The molecule has 0 saturated heterocycles. The number of benzene rings is 1. The Morgan fingerprint density at radius 2 is 1.85 bits per heavy atom. The third kappa shape index (κ3) is 3.77. The van der Waals surface area contributed by atoms with E-state index in [4.69, 9.17) is 10.5 Å². The van der Waals surface area contributed by atoms with Gasteiger partial charge in [-0.1, -0.05) is 12.1 Å². The normalized spacial score (nSPS) is 14.7. The van der Waals surface area contributed by atoms with Gasteiger partial charge < -0.3 is 15.6 Å². The van der Waals surface area contributed by atoms with E-state index in [0.29, 0.717) is 18.4 Å². The third-order valence-electron chi connectivity index (χ3n) is 3.48. The number of carbonyl (C=O) groups is 1. The number of methoxy groups -OCH3 is 1. The van der Waals surface area contributed by atoms with Gasteiger partial charge in [0.1, 0.15) is 11.2 Å². The Balaban J connectivity index is 3.17. The van der Waals surface area contributed by atoms with Crippen LogP contribution >= 0.6 is 0 Å². The second-order valence-corrected chi connectivity index (χ2v) is 5.60. The van der Waals surface area contributed by atoms with Crippen LogP contribution in [-0.4, -0.2) is 30.3 Å². The molecule has 0 aliphatic carbocycles. The van der Waals surface area contributed by atoms with Crippen molar-refractivity contribution in [1.82, 2.24) is 0 Å². The monoisotopic (exact) mass is 283 g/mol. The fourth-order valence-electron chi connectivity index (χ4n) is 2.15. The number of halogens is 1. The highest BCUT2D eigenvalue weighted by molar-refractivity contribution is 5.83. The number of ether oxygens (including phenoxy) is 1. The highest BCUT2D eigenvalue weighted by atomic mass is 19.1. The van der Waals surface area contributed by atoms with E-state index in [1.807, 2.05) is 0 Å². The van der Waals surface area contributed by atoms with Crippen LogP contribution in [0.25, 0.3) is 0 Å². The second-order valence-electron chi connectivity index (χ2n) is 5.60. The number of hydrogen-bond donors (Lipinski definition) is 2. The van der Waals surface area contributed by atoms with Crippen molar-refractivity contribution in [2.24, 2.45) is 5.73 Å². The van der Waals surface area contributed by atoms with Crippen molar-refractivity contribution in [2.45, 2.75) is 37.7 Å². The van der Waals surface area contributed by atoms with Crippen molar-refractivity contribution in [3.05, 3.63) is 35.6 Å². The van der Waals surface area contributed by atoms with Crippen LogP contribution in [-0.2, 0) is 14.9 Å². The Kier molecular flexibility index (Phi) is 5.25. The maximum atomic E-state index is 13.0. The summed E-state index contributed by atoms with van der Waals surface area (Å²) in [5, 5.41) is 9.87.